The van der Waals surface area contributed by atoms with Crippen LogP contribution in [-0.2, 0) is 27.3 Å². The number of esters is 1. The van der Waals surface area contributed by atoms with E-state index < -0.39 is 6.04 Å². The Morgan fingerprint density at radius 1 is 1.20 bits per heavy atom. The molecule has 0 aromatic heterocycles. The SMILES string of the molecule is CC[C@@H]1CCCCN1CC(=O)N1Cc2ccccc2C[C@@H]1C(=O)OC. The number of likely N-dealkylation sites (tertiary alicyclic amines) is 1. The molecular weight excluding hydrogens is 316 g/mol. The molecular formula is C20H28N2O3. The average Bonchev–Trinajstić information content (AvgIpc) is 2.66. The van der Waals surface area contributed by atoms with Crippen LogP contribution < -0.4 is 0 Å². The Labute approximate surface area is 149 Å². The van der Waals surface area contributed by atoms with Crippen molar-refractivity contribution < 1.29 is 14.3 Å². The fourth-order valence-corrected chi connectivity index (χ4v) is 4.13. The molecule has 0 saturated carbocycles. The molecule has 3 rings (SSSR count). The number of amides is 1. The Morgan fingerprint density at radius 3 is 2.68 bits per heavy atom. The maximum Gasteiger partial charge on any atom is 0.328 e. The molecule has 2 atom stereocenters. The summed E-state index contributed by atoms with van der Waals surface area (Å²) in [4.78, 5) is 29.3. The predicted molar refractivity (Wildman–Crippen MR) is 96.0 cm³/mol. The van der Waals surface area contributed by atoms with Gasteiger partial charge in [-0.2, -0.15) is 0 Å². The summed E-state index contributed by atoms with van der Waals surface area (Å²) < 4.78 is 4.97. The summed E-state index contributed by atoms with van der Waals surface area (Å²) in [5.41, 5.74) is 2.26. The molecule has 136 valence electrons. The third-order valence-corrected chi connectivity index (χ3v) is 5.60. The molecule has 2 heterocycles. The minimum atomic E-state index is -0.516. The average molecular weight is 344 g/mol. The van der Waals surface area contributed by atoms with E-state index in [0.717, 1.165) is 36.9 Å². The van der Waals surface area contributed by atoms with Gasteiger partial charge in [-0.05, 0) is 36.9 Å². The molecule has 5 heteroatoms. The molecule has 1 aromatic rings. The first kappa shape index (κ1) is 17.9. The van der Waals surface area contributed by atoms with Gasteiger partial charge in [-0.1, -0.05) is 37.6 Å². The molecule has 2 aliphatic rings. The van der Waals surface area contributed by atoms with Gasteiger partial charge in [0.2, 0.25) is 5.91 Å². The first-order chi connectivity index (χ1) is 12.1. The second-order valence-electron chi connectivity index (χ2n) is 7.06. The van der Waals surface area contributed by atoms with E-state index in [1.54, 1.807) is 4.90 Å². The quantitative estimate of drug-likeness (QED) is 0.787. The third kappa shape index (κ3) is 3.87. The largest absolute Gasteiger partial charge is 0.467 e. The summed E-state index contributed by atoms with van der Waals surface area (Å²) in [6.07, 6.45) is 5.15. The Bertz CT molecular complexity index is 631. The highest BCUT2D eigenvalue weighted by atomic mass is 16.5. The van der Waals surface area contributed by atoms with Gasteiger partial charge in [0, 0.05) is 19.0 Å². The summed E-state index contributed by atoms with van der Waals surface area (Å²) in [6, 6.07) is 8.00. The number of benzene rings is 1. The van der Waals surface area contributed by atoms with Gasteiger partial charge in [0.25, 0.3) is 0 Å². The van der Waals surface area contributed by atoms with Crippen molar-refractivity contribution in [2.75, 3.05) is 20.2 Å². The van der Waals surface area contributed by atoms with Gasteiger partial charge in [0.05, 0.1) is 13.7 Å². The van der Waals surface area contributed by atoms with Crippen molar-refractivity contribution in [2.24, 2.45) is 0 Å². The molecule has 1 aromatic carbocycles. The highest BCUT2D eigenvalue weighted by Crippen LogP contribution is 2.25. The van der Waals surface area contributed by atoms with Crippen molar-refractivity contribution in [1.82, 2.24) is 9.80 Å². The molecule has 2 aliphatic heterocycles. The number of carbonyl (C=O) groups is 2. The van der Waals surface area contributed by atoms with Crippen LogP contribution in [0, 0.1) is 0 Å². The lowest BCUT2D eigenvalue weighted by Crippen LogP contribution is -2.53. The minimum Gasteiger partial charge on any atom is -0.467 e. The number of fused-ring (bicyclic) bond motifs is 1. The van der Waals surface area contributed by atoms with Crippen LogP contribution in [0.5, 0.6) is 0 Å². The number of hydrogen-bond donors (Lipinski definition) is 0. The van der Waals surface area contributed by atoms with Crippen LogP contribution >= 0.6 is 0 Å². The maximum absolute atomic E-state index is 13.0. The van der Waals surface area contributed by atoms with Crippen molar-refractivity contribution in [3.8, 4) is 0 Å². The van der Waals surface area contributed by atoms with Gasteiger partial charge >= 0.3 is 5.97 Å². The second kappa shape index (κ2) is 8.00. The van der Waals surface area contributed by atoms with Crippen LogP contribution in [-0.4, -0.2) is 54.0 Å². The van der Waals surface area contributed by atoms with E-state index in [4.69, 9.17) is 4.74 Å². The van der Waals surface area contributed by atoms with E-state index in [-0.39, 0.29) is 11.9 Å². The monoisotopic (exact) mass is 344 g/mol. The lowest BCUT2D eigenvalue weighted by Gasteiger charge is -2.39. The van der Waals surface area contributed by atoms with Gasteiger partial charge in [-0.3, -0.25) is 9.69 Å². The Hall–Kier alpha value is -1.88. The fraction of sp³-hybridized carbons (Fsp3) is 0.600. The van der Waals surface area contributed by atoms with Crippen LogP contribution in [0.4, 0.5) is 0 Å². The van der Waals surface area contributed by atoms with Crippen molar-refractivity contribution in [2.45, 2.75) is 57.7 Å². The summed E-state index contributed by atoms with van der Waals surface area (Å²) >= 11 is 0. The minimum absolute atomic E-state index is 0.0326. The van der Waals surface area contributed by atoms with Gasteiger partial charge < -0.3 is 9.64 Å². The molecule has 5 nitrogen and oxygen atoms in total. The summed E-state index contributed by atoms with van der Waals surface area (Å²) in [5.74, 6) is -0.293. The van der Waals surface area contributed by atoms with Crippen LogP contribution in [0.2, 0.25) is 0 Å². The first-order valence-electron chi connectivity index (χ1n) is 9.32. The van der Waals surface area contributed by atoms with E-state index in [2.05, 4.69) is 11.8 Å². The van der Waals surface area contributed by atoms with Crippen molar-refractivity contribution in [3.05, 3.63) is 35.4 Å². The normalized spacial score (nSPS) is 23.8. The number of methoxy groups -OCH3 is 1. The van der Waals surface area contributed by atoms with Gasteiger partial charge in [-0.15, -0.1) is 0 Å². The zero-order valence-electron chi connectivity index (χ0n) is 15.2. The lowest BCUT2D eigenvalue weighted by molar-refractivity contribution is -0.154. The lowest BCUT2D eigenvalue weighted by atomic mass is 9.93. The highest BCUT2D eigenvalue weighted by molar-refractivity contribution is 5.86. The molecule has 25 heavy (non-hydrogen) atoms. The molecule has 0 bridgehead atoms. The number of carbonyl (C=O) groups excluding carboxylic acids is 2. The van der Waals surface area contributed by atoms with Gasteiger partial charge in [0.1, 0.15) is 6.04 Å². The van der Waals surface area contributed by atoms with Crippen molar-refractivity contribution >= 4 is 11.9 Å². The van der Waals surface area contributed by atoms with E-state index in [0.29, 0.717) is 25.6 Å². The van der Waals surface area contributed by atoms with Gasteiger partial charge in [0.15, 0.2) is 0 Å². The smallest absolute Gasteiger partial charge is 0.328 e. The first-order valence-corrected chi connectivity index (χ1v) is 9.32. The zero-order valence-corrected chi connectivity index (χ0v) is 15.2. The number of ether oxygens (including phenoxy) is 1. The molecule has 1 amide bonds. The Morgan fingerprint density at radius 2 is 1.96 bits per heavy atom. The molecule has 0 spiro atoms. The van der Waals surface area contributed by atoms with Crippen LogP contribution in [0.15, 0.2) is 24.3 Å². The van der Waals surface area contributed by atoms with Crippen molar-refractivity contribution in [3.63, 3.8) is 0 Å². The standard InChI is InChI=1S/C20H28N2O3/c1-3-17-10-6-7-11-21(17)14-19(23)22-13-16-9-5-4-8-15(16)12-18(22)20(24)25-2/h4-5,8-9,17-18H,3,6-7,10-14H2,1-2H3/t17-,18-/m1/s1. The number of nitrogens with zero attached hydrogens (tertiary/aromatic N) is 2. The zero-order chi connectivity index (χ0) is 17.8. The summed E-state index contributed by atoms with van der Waals surface area (Å²) in [7, 11) is 1.39. The number of piperidine rings is 1. The summed E-state index contributed by atoms with van der Waals surface area (Å²) in [5, 5.41) is 0. The van der Waals surface area contributed by atoms with E-state index in [1.807, 2.05) is 24.3 Å². The second-order valence-corrected chi connectivity index (χ2v) is 7.06. The molecule has 0 unspecified atom stereocenters. The maximum atomic E-state index is 13.0. The van der Waals surface area contributed by atoms with E-state index >= 15 is 0 Å². The Balaban J connectivity index is 1.77. The predicted octanol–water partition coefficient (Wildman–Crippen LogP) is 2.38. The highest BCUT2D eigenvalue weighted by Gasteiger charge is 2.36. The molecule has 0 N–H and O–H groups in total. The number of rotatable bonds is 4. The molecule has 1 fully saturated rings. The molecule has 1 saturated heterocycles. The third-order valence-electron chi connectivity index (χ3n) is 5.60. The van der Waals surface area contributed by atoms with Crippen molar-refractivity contribution in [1.29, 1.82) is 0 Å². The van der Waals surface area contributed by atoms with Gasteiger partial charge in [-0.25, -0.2) is 4.79 Å². The van der Waals surface area contributed by atoms with Crippen LogP contribution in [0.3, 0.4) is 0 Å². The molecule has 0 radical (unpaired) electrons. The summed E-state index contributed by atoms with van der Waals surface area (Å²) in [6.45, 7) is 4.03. The van der Waals surface area contributed by atoms with E-state index in [1.165, 1.54) is 13.5 Å². The topological polar surface area (TPSA) is 49.9 Å². The van der Waals surface area contributed by atoms with E-state index in [9.17, 15) is 9.59 Å². The number of hydrogen-bond acceptors (Lipinski definition) is 4. The van der Waals surface area contributed by atoms with Crippen LogP contribution in [0.1, 0.15) is 43.7 Å². The van der Waals surface area contributed by atoms with Crippen LogP contribution in [0.25, 0.3) is 0 Å². The molecule has 0 aliphatic carbocycles. The Kier molecular flexibility index (Phi) is 5.74. The fourth-order valence-electron chi connectivity index (χ4n) is 4.13.